The van der Waals surface area contributed by atoms with Crippen LogP contribution in [-0.2, 0) is 4.79 Å². The van der Waals surface area contributed by atoms with Gasteiger partial charge in [0.25, 0.3) is 11.8 Å². The van der Waals surface area contributed by atoms with Crippen LogP contribution < -0.4 is 15.4 Å². The maximum absolute atomic E-state index is 11.9. The Morgan fingerprint density at radius 3 is 3.00 bits per heavy atom. The van der Waals surface area contributed by atoms with Crippen molar-refractivity contribution in [1.29, 1.82) is 0 Å². The van der Waals surface area contributed by atoms with Gasteiger partial charge in [0.05, 0.1) is 5.69 Å². The van der Waals surface area contributed by atoms with Gasteiger partial charge >= 0.3 is 0 Å². The first-order chi connectivity index (χ1) is 10.0. The second kappa shape index (κ2) is 5.30. The van der Waals surface area contributed by atoms with Crippen molar-refractivity contribution in [1.82, 2.24) is 10.2 Å². The van der Waals surface area contributed by atoms with E-state index < -0.39 is 12.0 Å². The van der Waals surface area contributed by atoms with Gasteiger partial charge in [0.1, 0.15) is 5.75 Å². The van der Waals surface area contributed by atoms with Crippen LogP contribution in [0.3, 0.4) is 0 Å². The third-order valence-electron chi connectivity index (χ3n) is 2.76. The van der Waals surface area contributed by atoms with Crippen LogP contribution >= 0.6 is 22.9 Å². The van der Waals surface area contributed by atoms with E-state index in [1.54, 1.807) is 25.1 Å². The molecule has 1 aromatic carbocycles. The van der Waals surface area contributed by atoms with Crippen LogP contribution in [0, 0.1) is 0 Å². The maximum Gasteiger partial charge on any atom is 0.286 e. The number of hydrogen-bond acceptors (Lipinski definition) is 6. The topological polar surface area (TPSA) is 93.2 Å². The summed E-state index contributed by atoms with van der Waals surface area (Å²) in [5.41, 5.74) is 1.01. The van der Waals surface area contributed by atoms with E-state index in [0.717, 1.165) is 11.3 Å². The van der Waals surface area contributed by atoms with Crippen molar-refractivity contribution in [2.75, 3.05) is 10.6 Å². The summed E-state index contributed by atoms with van der Waals surface area (Å²) < 4.78 is 5.62. The first-order valence-electron chi connectivity index (χ1n) is 5.95. The molecule has 2 N–H and O–H groups in total. The molecule has 0 saturated heterocycles. The Labute approximate surface area is 128 Å². The third-order valence-corrected chi connectivity index (χ3v) is 3.78. The van der Waals surface area contributed by atoms with Gasteiger partial charge in [0, 0.05) is 5.69 Å². The Balaban J connectivity index is 1.80. The zero-order valence-electron chi connectivity index (χ0n) is 10.7. The predicted molar refractivity (Wildman–Crippen MR) is 78.0 cm³/mol. The minimum absolute atomic E-state index is 0.159. The van der Waals surface area contributed by atoms with E-state index in [2.05, 4.69) is 20.8 Å². The Morgan fingerprint density at radius 2 is 2.29 bits per heavy atom. The summed E-state index contributed by atoms with van der Waals surface area (Å²) in [6.07, 6.45) is -0.540. The maximum atomic E-state index is 11.9. The number of fused-ring (bicyclic) bond motifs is 1. The van der Waals surface area contributed by atoms with E-state index in [1.807, 2.05) is 0 Å². The van der Waals surface area contributed by atoms with Crippen molar-refractivity contribution in [3.63, 3.8) is 0 Å². The lowest BCUT2D eigenvalue weighted by molar-refractivity contribution is -0.122. The molecule has 0 bridgehead atoms. The van der Waals surface area contributed by atoms with Crippen molar-refractivity contribution in [3.05, 3.63) is 27.7 Å². The quantitative estimate of drug-likeness (QED) is 0.883. The highest BCUT2D eigenvalue weighted by Crippen LogP contribution is 2.32. The SMILES string of the molecule is CC1Oc2ccc(NC(=O)c3nnc(Cl)s3)cc2NC1=O. The molecule has 1 aliphatic rings. The highest BCUT2D eigenvalue weighted by Gasteiger charge is 2.23. The van der Waals surface area contributed by atoms with Crippen LogP contribution in [0.15, 0.2) is 18.2 Å². The standard InChI is InChI=1S/C12H9ClN4O3S/c1-5-9(18)15-7-4-6(2-3-8(7)20-5)14-10(19)11-16-17-12(13)21-11/h2-5H,1H3,(H,14,19)(H,15,18). The molecular formula is C12H9ClN4O3S. The molecule has 0 radical (unpaired) electrons. The number of ether oxygens (including phenoxy) is 1. The number of rotatable bonds is 2. The number of anilines is 2. The van der Waals surface area contributed by atoms with Gasteiger partial charge in [0.15, 0.2) is 6.10 Å². The zero-order chi connectivity index (χ0) is 15.0. The molecule has 0 fully saturated rings. The number of hydrogen-bond donors (Lipinski definition) is 2. The lowest BCUT2D eigenvalue weighted by Gasteiger charge is -2.23. The van der Waals surface area contributed by atoms with Gasteiger partial charge in [0.2, 0.25) is 9.47 Å². The monoisotopic (exact) mass is 324 g/mol. The van der Waals surface area contributed by atoms with Gasteiger partial charge in [-0.1, -0.05) is 11.3 Å². The fourth-order valence-electron chi connectivity index (χ4n) is 1.77. The molecule has 7 nitrogen and oxygen atoms in total. The number of amides is 2. The summed E-state index contributed by atoms with van der Waals surface area (Å²) in [6, 6.07) is 4.96. The number of nitrogens with one attached hydrogen (secondary N) is 2. The number of carbonyl (C=O) groups excluding carboxylic acids is 2. The van der Waals surface area contributed by atoms with Crippen LogP contribution in [-0.4, -0.2) is 28.1 Å². The summed E-state index contributed by atoms with van der Waals surface area (Å²) in [4.78, 5) is 23.5. The summed E-state index contributed by atoms with van der Waals surface area (Å²) >= 11 is 6.61. The summed E-state index contributed by atoms with van der Waals surface area (Å²) in [5.74, 6) is -0.100. The van der Waals surface area contributed by atoms with Crippen molar-refractivity contribution < 1.29 is 14.3 Å². The molecule has 1 aromatic heterocycles. The summed E-state index contributed by atoms with van der Waals surface area (Å²) in [6.45, 7) is 1.66. The molecule has 1 aliphatic heterocycles. The minimum atomic E-state index is -0.540. The van der Waals surface area contributed by atoms with Crippen LogP contribution in [0.1, 0.15) is 16.7 Å². The molecule has 108 valence electrons. The Kier molecular flexibility index (Phi) is 3.48. The molecule has 2 heterocycles. The first-order valence-corrected chi connectivity index (χ1v) is 7.14. The Hall–Kier alpha value is -2.19. The smallest absolute Gasteiger partial charge is 0.286 e. The van der Waals surface area contributed by atoms with Crippen LogP contribution in [0.5, 0.6) is 5.75 Å². The molecule has 0 aliphatic carbocycles. The molecule has 2 aromatic rings. The molecule has 1 unspecified atom stereocenters. The molecule has 3 rings (SSSR count). The highest BCUT2D eigenvalue weighted by molar-refractivity contribution is 7.17. The molecule has 0 saturated carbocycles. The third kappa shape index (κ3) is 2.81. The van der Waals surface area contributed by atoms with Crippen LogP contribution in [0.25, 0.3) is 0 Å². The number of halogens is 1. The first kappa shape index (κ1) is 13.8. The van der Waals surface area contributed by atoms with Crippen molar-refractivity contribution in [2.24, 2.45) is 0 Å². The van der Waals surface area contributed by atoms with Crippen LogP contribution in [0.2, 0.25) is 4.47 Å². The summed E-state index contributed by atoms with van der Waals surface area (Å²) in [7, 11) is 0. The average molecular weight is 325 g/mol. The van der Waals surface area contributed by atoms with Gasteiger partial charge in [-0.2, -0.15) is 0 Å². The number of carbonyl (C=O) groups is 2. The average Bonchev–Trinajstić information content (AvgIpc) is 2.87. The molecule has 0 spiro atoms. The largest absolute Gasteiger partial charge is 0.479 e. The lowest BCUT2D eigenvalue weighted by Crippen LogP contribution is -2.34. The molecule has 2 amide bonds. The van der Waals surface area contributed by atoms with Crippen molar-refractivity contribution >= 4 is 46.1 Å². The van der Waals surface area contributed by atoms with Gasteiger partial charge in [-0.15, -0.1) is 10.2 Å². The molecule has 21 heavy (non-hydrogen) atoms. The van der Waals surface area contributed by atoms with Gasteiger partial charge in [-0.3, -0.25) is 9.59 Å². The fraction of sp³-hybridized carbons (Fsp3) is 0.167. The van der Waals surface area contributed by atoms with E-state index in [-0.39, 0.29) is 15.4 Å². The normalized spacial score (nSPS) is 16.7. The second-order valence-electron chi connectivity index (χ2n) is 4.27. The number of benzene rings is 1. The van der Waals surface area contributed by atoms with E-state index in [9.17, 15) is 9.59 Å². The molecular weight excluding hydrogens is 316 g/mol. The van der Waals surface area contributed by atoms with E-state index in [1.165, 1.54) is 0 Å². The lowest BCUT2D eigenvalue weighted by atomic mass is 10.2. The number of nitrogens with zero attached hydrogens (tertiary/aromatic N) is 2. The molecule has 1 atom stereocenters. The van der Waals surface area contributed by atoms with E-state index in [0.29, 0.717) is 17.1 Å². The van der Waals surface area contributed by atoms with E-state index in [4.69, 9.17) is 16.3 Å². The van der Waals surface area contributed by atoms with Crippen LogP contribution in [0.4, 0.5) is 11.4 Å². The second-order valence-corrected chi connectivity index (χ2v) is 5.83. The predicted octanol–water partition coefficient (Wildman–Crippen LogP) is 2.16. The van der Waals surface area contributed by atoms with Gasteiger partial charge in [-0.05, 0) is 36.7 Å². The van der Waals surface area contributed by atoms with Crippen molar-refractivity contribution in [2.45, 2.75) is 13.0 Å². The minimum Gasteiger partial charge on any atom is -0.479 e. The number of aromatic nitrogens is 2. The fourth-order valence-corrected chi connectivity index (χ4v) is 2.49. The van der Waals surface area contributed by atoms with Gasteiger partial charge in [-0.25, -0.2) is 0 Å². The Morgan fingerprint density at radius 1 is 1.48 bits per heavy atom. The van der Waals surface area contributed by atoms with Gasteiger partial charge < -0.3 is 15.4 Å². The zero-order valence-corrected chi connectivity index (χ0v) is 12.3. The highest BCUT2D eigenvalue weighted by atomic mass is 35.5. The summed E-state index contributed by atoms with van der Waals surface area (Å²) in [5, 5.41) is 12.7. The molecule has 9 heteroatoms. The Bertz CT molecular complexity index is 733. The van der Waals surface area contributed by atoms with Crippen molar-refractivity contribution in [3.8, 4) is 5.75 Å². The van der Waals surface area contributed by atoms with E-state index >= 15 is 0 Å².